The van der Waals surface area contributed by atoms with Crippen molar-refractivity contribution in [2.75, 3.05) is 37.7 Å². The standard InChI is InChI=1S/C23H26ClN3O3/c24-18-8-2-1-7-17(18)20(26-12-5-6-13-26)15-25-22(28)11-14-27-19-9-3-4-10-21(19)30-16-23(27)29/h1-4,7-10,20H,5-6,11-16H2,(H,25,28)/t20-/m1/s1. The van der Waals surface area contributed by atoms with Gasteiger partial charge in [0.25, 0.3) is 5.91 Å². The van der Waals surface area contributed by atoms with Crippen molar-refractivity contribution in [3.8, 4) is 5.75 Å². The van der Waals surface area contributed by atoms with Gasteiger partial charge in [0.05, 0.1) is 11.7 Å². The molecule has 4 rings (SSSR count). The van der Waals surface area contributed by atoms with Gasteiger partial charge in [-0.1, -0.05) is 41.9 Å². The molecule has 2 aliphatic heterocycles. The van der Waals surface area contributed by atoms with Crippen molar-refractivity contribution in [3.05, 3.63) is 59.1 Å². The zero-order valence-electron chi connectivity index (χ0n) is 16.9. The van der Waals surface area contributed by atoms with Crippen LogP contribution in [0.25, 0.3) is 0 Å². The smallest absolute Gasteiger partial charge is 0.265 e. The predicted octanol–water partition coefficient (Wildman–Crippen LogP) is 3.41. The summed E-state index contributed by atoms with van der Waals surface area (Å²) in [6.07, 6.45) is 2.55. The zero-order chi connectivity index (χ0) is 20.9. The van der Waals surface area contributed by atoms with E-state index >= 15 is 0 Å². The summed E-state index contributed by atoms with van der Waals surface area (Å²) in [6, 6.07) is 15.3. The fraction of sp³-hybridized carbons (Fsp3) is 0.391. The lowest BCUT2D eigenvalue weighted by molar-refractivity contribution is -0.122. The average molecular weight is 428 g/mol. The van der Waals surface area contributed by atoms with E-state index in [1.54, 1.807) is 4.90 Å². The molecule has 2 aromatic rings. The van der Waals surface area contributed by atoms with Crippen LogP contribution in [0.1, 0.15) is 30.9 Å². The quantitative estimate of drug-likeness (QED) is 0.735. The summed E-state index contributed by atoms with van der Waals surface area (Å²) in [6.45, 7) is 2.83. The van der Waals surface area contributed by atoms with Crippen LogP contribution < -0.4 is 15.0 Å². The molecule has 0 radical (unpaired) electrons. The molecule has 0 aromatic heterocycles. The third kappa shape index (κ3) is 4.60. The maximum atomic E-state index is 12.6. The molecule has 2 aromatic carbocycles. The van der Waals surface area contributed by atoms with Crippen LogP contribution in [0.15, 0.2) is 48.5 Å². The molecule has 0 unspecified atom stereocenters. The van der Waals surface area contributed by atoms with Gasteiger partial charge >= 0.3 is 0 Å². The Morgan fingerprint density at radius 3 is 2.63 bits per heavy atom. The average Bonchev–Trinajstić information content (AvgIpc) is 3.29. The van der Waals surface area contributed by atoms with Crippen molar-refractivity contribution in [2.45, 2.75) is 25.3 Å². The number of nitrogens with zero attached hydrogens (tertiary/aromatic N) is 2. The Hall–Kier alpha value is -2.57. The summed E-state index contributed by atoms with van der Waals surface area (Å²) >= 11 is 6.44. The number of benzene rings is 2. The normalized spacial score (nSPS) is 17.4. The molecule has 1 saturated heterocycles. The number of rotatable bonds is 7. The van der Waals surface area contributed by atoms with Crippen LogP contribution in [-0.2, 0) is 9.59 Å². The van der Waals surface area contributed by atoms with E-state index in [2.05, 4.69) is 10.2 Å². The first kappa shape index (κ1) is 20.7. The van der Waals surface area contributed by atoms with E-state index in [9.17, 15) is 9.59 Å². The number of carbonyl (C=O) groups excluding carboxylic acids is 2. The van der Waals surface area contributed by atoms with Crippen LogP contribution >= 0.6 is 11.6 Å². The number of para-hydroxylation sites is 2. The van der Waals surface area contributed by atoms with E-state index in [0.29, 0.717) is 24.5 Å². The Morgan fingerprint density at radius 1 is 1.10 bits per heavy atom. The first-order valence-corrected chi connectivity index (χ1v) is 10.8. The lowest BCUT2D eigenvalue weighted by Crippen LogP contribution is -2.42. The largest absolute Gasteiger partial charge is 0.482 e. The number of hydrogen-bond acceptors (Lipinski definition) is 4. The lowest BCUT2D eigenvalue weighted by atomic mass is 10.1. The molecule has 0 bridgehead atoms. The minimum Gasteiger partial charge on any atom is -0.482 e. The zero-order valence-corrected chi connectivity index (χ0v) is 17.6. The number of anilines is 1. The van der Waals surface area contributed by atoms with Gasteiger partial charge < -0.3 is 15.0 Å². The lowest BCUT2D eigenvalue weighted by Gasteiger charge is -2.30. The van der Waals surface area contributed by atoms with Crippen molar-refractivity contribution in [2.24, 2.45) is 0 Å². The fourth-order valence-corrected chi connectivity index (χ4v) is 4.41. The van der Waals surface area contributed by atoms with Gasteiger partial charge in [-0.25, -0.2) is 0 Å². The number of likely N-dealkylation sites (tertiary alicyclic amines) is 1. The van der Waals surface area contributed by atoms with Crippen LogP contribution in [-0.4, -0.2) is 49.5 Å². The molecule has 7 heteroatoms. The monoisotopic (exact) mass is 427 g/mol. The van der Waals surface area contributed by atoms with Crippen LogP contribution in [0.3, 0.4) is 0 Å². The molecule has 30 heavy (non-hydrogen) atoms. The summed E-state index contributed by atoms with van der Waals surface area (Å²) in [4.78, 5) is 28.9. The van der Waals surface area contributed by atoms with Crippen molar-refractivity contribution in [1.29, 1.82) is 0 Å². The van der Waals surface area contributed by atoms with E-state index in [1.165, 1.54) is 0 Å². The second-order valence-electron chi connectivity index (χ2n) is 7.64. The summed E-state index contributed by atoms with van der Waals surface area (Å²) in [5.74, 6) is 0.459. The first-order valence-electron chi connectivity index (χ1n) is 10.4. The van der Waals surface area contributed by atoms with Crippen LogP contribution in [0, 0.1) is 0 Å². The van der Waals surface area contributed by atoms with Crippen molar-refractivity contribution < 1.29 is 14.3 Å². The van der Waals surface area contributed by atoms with Gasteiger partial charge in [-0.05, 0) is 49.7 Å². The number of ether oxygens (including phenoxy) is 1. The molecule has 0 saturated carbocycles. The molecule has 6 nitrogen and oxygen atoms in total. The summed E-state index contributed by atoms with van der Waals surface area (Å²) in [5.41, 5.74) is 1.76. The molecular formula is C23H26ClN3O3. The maximum absolute atomic E-state index is 12.6. The maximum Gasteiger partial charge on any atom is 0.265 e. The van der Waals surface area contributed by atoms with Gasteiger partial charge in [0.1, 0.15) is 5.75 Å². The van der Waals surface area contributed by atoms with Crippen LogP contribution in [0.2, 0.25) is 5.02 Å². The second kappa shape index (κ2) is 9.49. The summed E-state index contributed by atoms with van der Waals surface area (Å²) in [7, 11) is 0. The van der Waals surface area contributed by atoms with Gasteiger partial charge in [-0.3, -0.25) is 14.5 Å². The van der Waals surface area contributed by atoms with E-state index in [-0.39, 0.29) is 30.9 Å². The highest BCUT2D eigenvalue weighted by Crippen LogP contribution is 2.32. The number of hydrogen-bond donors (Lipinski definition) is 1. The van der Waals surface area contributed by atoms with Gasteiger partial charge in [0.15, 0.2) is 6.61 Å². The van der Waals surface area contributed by atoms with E-state index in [1.807, 2.05) is 48.5 Å². The fourth-order valence-electron chi connectivity index (χ4n) is 4.15. The van der Waals surface area contributed by atoms with Crippen LogP contribution in [0.4, 0.5) is 5.69 Å². The number of amides is 2. The van der Waals surface area contributed by atoms with Gasteiger partial charge in [0, 0.05) is 24.5 Å². The predicted molar refractivity (Wildman–Crippen MR) is 117 cm³/mol. The molecule has 0 aliphatic carbocycles. The van der Waals surface area contributed by atoms with Crippen molar-refractivity contribution in [3.63, 3.8) is 0 Å². The highest BCUT2D eigenvalue weighted by Gasteiger charge is 2.27. The minimum absolute atomic E-state index is 0.00216. The molecular weight excluding hydrogens is 402 g/mol. The minimum atomic E-state index is -0.132. The Morgan fingerprint density at radius 2 is 1.83 bits per heavy atom. The molecule has 158 valence electrons. The molecule has 1 N–H and O–H groups in total. The first-order chi connectivity index (χ1) is 14.6. The number of nitrogens with one attached hydrogen (secondary N) is 1. The number of carbonyl (C=O) groups is 2. The molecule has 0 spiro atoms. The molecule has 1 fully saturated rings. The van der Waals surface area contributed by atoms with Crippen molar-refractivity contribution >= 4 is 29.1 Å². The molecule has 2 aliphatic rings. The van der Waals surface area contributed by atoms with Crippen molar-refractivity contribution in [1.82, 2.24) is 10.2 Å². The second-order valence-corrected chi connectivity index (χ2v) is 8.04. The van der Waals surface area contributed by atoms with Gasteiger partial charge in [-0.15, -0.1) is 0 Å². The van der Waals surface area contributed by atoms with E-state index < -0.39 is 0 Å². The third-order valence-electron chi connectivity index (χ3n) is 5.71. The molecule has 2 heterocycles. The Kier molecular flexibility index (Phi) is 6.55. The third-order valence-corrected chi connectivity index (χ3v) is 6.05. The summed E-state index contributed by atoms with van der Waals surface area (Å²) < 4.78 is 5.46. The van der Waals surface area contributed by atoms with Gasteiger partial charge in [0.2, 0.25) is 5.91 Å². The van der Waals surface area contributed by atoms with Gasteiger partial charge in [-0.2, -0.15) is 0 Å². The Labute approximate surface area is 181 Å². The number of halogens is 1. The number of fused-ring (bicyclic) bond motifs is 1. The SMILES string of the molecule is O=C(CCN1C(=O)COc2ccccc21)NC[C@H](c1ccccc1Cl)N1CCCC1. The highest BCUT2D eigenvalue weighted by molar-refractivity contribution is 6.31. The Bertz CT molecular complexity index is 914. The van der Waals surface area contributed by atoms with Crippen LogP contribution in [0.5, 0.6) is 5.75 Å². The topological polar surface area (TPSA) is 61.9 Å². The molecule has 1 atom stereocenters. The summed E-state index contributed by atoms with van der Waals surface area (Å²) in [5, 5.41) is 3.78. The van der Waals surface area contributed by atoms with E-state index in [0.717, 1.165) is 36.5 Å². The van der Waals surface area contributed by atoms with E-state index in [4.69, 9.17) is 16.3 Å². The molecule has 2 amide bonds. The highest BCUT2D eigenvalue weighted by atomic mass is 35.5. The Balaban J connectivity index is 1.37.